The third kappa shape index (κ3) is 28.0. The van der Waals surface area contributed by atoms with E-state index in [2.05, 4.69) is 25.1 Å². The predicted molar refractivity (Wildman–Crippen MR) is 114 cm³/mol. The summed E-state index contributed by atoms with van der Waals surface area (Å²) >= 11 is 0. The average Bonchev–Trinajstić information content (AvgIpc) is 2.78. The monoisotopic (exact) mass is 426 g/mol. The van der Waals surface area contributed by atoms with Crippen molar-refractivity contribution in [3.8, 4) is 0 Å². The minimum atomic E-state index is -0.920. The molecule has 0 saturated heterocycles. The number of aliphatic carboxylic acids is 1. The standard InChI is InChI=1S/C8H16O2.3C6H5.Cr/c1-2-3-4-5-6-7-8(9)10;3*1-2-4-6-5-3-1;/h2-7H2,1H3,(H,9,10);3*1-5H;/q;3*-1;+4/p-1. The number of unbranched alkanes of at least 4 members (excludes halogenated alkanes) is 4. The summed E-state index contributed by atoms with van der Waals surface area (Å²) in [5.74, 6) is -0.920. The third-order valence-electron chi connectivity index (χ3n) is 3.31. The summed E-state index contributed by atoms with van der Waals surface area (Å²) in [6.45, 7) is 2.14. The Bertz CT molecular complexity index is 476. The summed E-state index contributed by atoms with van der Waals surface area (Å²) in [4.78, 5) is 9.92. The topological polar surface area (TPSA) is 40.1 Å². The van der Waals surface area contributed by atoms with Gasteiger partial charge in [0.15, 0.2) is 0 Å². The van der Waals surface area contributed by atoms with Crippen LogP contribution in [0.25, 0.3) is 0 Å². The van der Waals surface area contributed by atoms with Crippen molar-refractivity contribution < 1.29 is 27.3 Å². The Morgan fingerprint density at radius 3 is 1.17 bits per heavy atom. The van der Waals surface area contributed by atoms with Crippen LogP contribution in [0, 0.1) is 18.2 Å². The van der Waals surface area contributed by atoms with E-state index in [4.69, 9.17) is 0 Å². The smallest absolute Gasteiger partial charge is 0.550 e. The molecular weight excluding hydrogens is 396 g/mol. The molecule has 3 aromatic carbocycles. The van der Waals surface area contributed by atoms with Crippen LogP contribution in [0.15, 0.2) is 91.0 Å². The van der Waals surface area contributed by atoms with Gasteiger partial charge in [-0.3, -0.25) is 0 Å². The van der Waals surface area contributed by atoms with Crippen LogP contribution in [0.1, 0.15) is 45.4 Å². The predicted octanol–water partition coefficient (Wildman–Crippen LogP) is 5.55. The zero-order chi connectivity index (χ0) is 20.5. The molecule has 0 aliphatic heterocycles. The summed E-state index contributed by atoms with van der Waals surface area (Å²) in [5.41, 5.74) is 0. The maximum absolute atomic E-state index is 9.92. The van der Waals surface area contributed by atoms with E-state index in [1.54, 1.807) is 0 Å². The first-order chi connectivity index (χ1) is 13.8. The number of carboxylic acid groups (broad SMARTS) is 1. The zero-order valence-electron chi connectivity index (χ0n) is 17.1. The fraction of sp³-hybridized carbons (Fsp3) is 0.269. The van der Waals surface area contributed by atoms with Crippen LogP contribution >= 0.6 is 0 Å². The fourth-order valence-corrected chi connectivity index (χ4v) is 1.90. The number of hydrogen-bond donors (Lipinski definition) is 0. The van der Waals surface area contributed by atoms with E-state index in [-0.39, 0.29) is 23.8 Å². The Balaban J connectivity index is 0. The Hall–Kier alpha value is -2.34. The van der Waals surface area contributed by atoms with Crippen LogP contribution in [0.5, 0.6) is 0 Å². The molecule has 0 fully saturated rings. The minimum absolute atomic E-state index is 0. The zero-order valence-corrected chi connectivity index (χ0v) is 18.4. The van der Waals surface area contributed by atoms with Crippen molar-refractivity contribution in [2.75, 3.05) is 0 Å². The Labute approximate surface area is 187 Å². The molecule has 3 aromatic rings. The second-order valence-corrected chi connectivity index (χ2v) is 5.77. The molecule has 0 unspecified atom stereocenters. The van der Waals surface area contributed by atoms with Crippen molar-refractivity contribution in [2.24, 2.45) is 0 Å². The first-order valence-corrected chi connectivity index (χ1v) is 9.70. The van der Waals surface area contributed by atoms with Crippen molar-refractivity contribution in [1.29, 1.82) is 0 Å². The maximum atomic E-state index is 9.92. The van der Waals surface area contributed by atoms with Gasteiger partial charge in [-0.2, -0.15) is 109 Å². The number of hydrogen-bond acceptors (Lipinski definition) is 2. The fourth-order valence-electron chi connectivity index (χ4n) is 1.90. The van der Waals surface area contributed by atoms with Crippen LogP contribution in [-0.4, -0.2) is 5.97 Å². The van der Waals surface area contributed by atoms with Gasteiger partial charge in [0.1, 0.15) is 0 Å². The number of rotatable bonds is 6. The van der Waals surface area contributed by atoms with Gasteiger partial charge in [0.25, 0.3) is 0 Å². The molecule has 0 aliphatic carbocycles. The van der Waals surface area contributed by atoms with E-state index in [0.717, 1.165) is 19.3 Å². The molecule has 0 aliphatic rings. The normalized spacial score (nSPS) is 8.31. The molecule has 152 valence electrons. The first kappa shape index (κ1) is 28.9. The number of carbonyl (C=O) groups excluding carboxylic acids is 1. The quantitative estimate of drug-likeness (QED) is 0.383. The van der Waals surface area contributed by atoms with Crippen LogP contribution in [0.2, 0.25) is 0 Å². The van der Waals surface area contributed by atoms with Gasteiger partial charge in [-0.25, -0.2) is 0 Å². The van der Waals surface area contributed by atoms with Crippen molar-refractivity contribution in [3.63, 3.8) is 0 Å². The van der Waals surface area contributed by atoms with Crippen molar-refractivity contribution in [1.82, 2.24) is 0 Å². The van der Waals surface area contributed by atoms with E-state index in [0.29, 0.717) is 0 Å². The van der Waals surface area contributed by atoms with E-state index in [9.17, 15) is 9.90 Å². The van der Waals surface area contributed by atoms with E-state index >= 15 is 0 Å². The second kappa shape index (κ2) is 25.7. The van der Waals surface area contributed by atoms with Gasteiger partial charge in [-0.15, -0.1) is 0 Å². The Morgan fingerprint density at radius 2 is 0.966 bits per heavy atom. The summed E-state index contributed by atoms with van der Waals surface area (Å²) in [5, 5.41) is 9.92. The molecule has 0 aromatic heterocycles. The summed E-state index contributed by atoms with van der Waals surface area (Å²) < 4.78 is 0. The largest absolute Gasteiger partial charge is 4.00 e. The molecular formula is C26H30CrO2. The molecule has 0 N–H and O–H groups in total. The molecule has 0 amide bonds. The van der Waals surface area contributed by atoms with Gasteiger partial charge in [-0.1, -0.05) is 32.6 Å². The molecule has 3 heteroatoms. The number of carboxylic acids is 1. The van der Waals surface area contributed by atoms with Crippen molar-refractivity contribution in [3.05, 3.63) is 109 Å². The van der Waals surface area contributed by atoms with Gasteiger partial charge in [0, 0.05) is 5.97 Å². The SMILES string of the molecule is CCCCCCCC(=O)[O-].[Cr+4].[c-]1ccccc1.[c-]1ccccc1.[c-]1ccccc1. The molecule has 0 radical (unpaired) electrons. The molecule has 0 saturated carbocycles. The second-order valence-electron chi connectivity index (χ2n) is 5.77. The van der Waals surface area contributed by atoms with Crippen LogP contribution in [0.3, 0.4) is 0 Å². The first-order valence-electron chi connectivity index (χ1n) is 9.70. The van der Waals surface area contributed by atoms with Gasteiger partial charge >= 0.3 is 17.4 Å². The van der Waals surface area contributed by atoms with Crippen molar-refractivity contribution in [2.45, 2.75) is 45.4 Å². The molecule has 0 atom stereocenters. The molecule has 2 nitrogen and oxygen atoms in total. The van der Waals surface area contributed by atoms with E-state index < -0.39 is 5.97 Å². The van der Waals surface area contributed by atoms with E-state index in [1.165, 1.54) is 12.8 Å². The molecule has 29 heavy (non-hydrogen) atoms. The van der Waals surface area contributed by atoms with E-state index in [1.807, 2.05) is 91.0 Å². The molecule has 0 heterocycles. The molecule has 3 rings (SSSR count). The molecule has 0 bridgehead atoms. The van der Waals surface area contributed by atoms with Gasteiger partial charge in [0.05, 0.1) is 0 Å². The van der Waals surface area contributed by atoms with Crippen LogP contribution in [-0.2, 0) is 22.2 Å². The third-order valence-corrected chi connectivity index (χ3v) is 3.31. The summed E-state index contributed by atoms with van der Waals surface area (Å²) in [7, 11) is 0. The number of benzene rings is 3. The average molecular weight is 427 g/mol. The van der Waals surface area contributed by atoms with Crippen LogP contribution in [0.4, 0.5) is 0 Å². The van der Waals surface area contributed by atoms with Crippen LogP contribution < -0.4 is 5.11 Å². The number of carbonyl (C=O) groups is 1. The molecule has 0 spiro atoms. The van der Waals surface area contributed by atoms with Gasteiger partial charge < -0.3 is 9.90 Å². The van der Waals surface area contributed by atoms with Gasteiger partial charge in [-0.05, 0) is 12.8 Å². The van der Waals surface area contributed by atoms with Gasteiger partial charge in [0.2, 0.25) is 0 Å². The Kier molecular flexibility index (Phi) is 25.5. The summed E-state index contributed by atoms with van der Waals surface area (Å²) in [6, 6.07) is 37.5. The summed E-state index contributed by atoms with van der Waals surface area (Å²) in [6.07, 6.45) is 5.61. The minimum Gasteiger partial charge on any atom is -0.550 e. The maximum Gasteiger partial charge on any atom is 4.00 e. The van der Waals surface area contributed by atoms with Crippen molar-refractivity contribution >= 4 is 5.97 Å². The Morgan fingerprint density at radius 1 is 0.621 bits per heavy atom.